The third-order valence-electron chi connectivity index (χ3n) is 5.39. The van der Waals surface area contributed by atoms with E-state index in [4.69, 9.17) is 4.74 Å². The molecule has 0 aliphatic rings. The second-order valence-electron chi connectivity index (χ2n) is 7.90. The molecule has 8 nitrogen and oxygen atoms in total. The van der Waals surface area contributed by atoms with Gasteiger partial charge in [0.15, 0.2) is 11.0 Å². The zero-order valence-corrected chi connectivity index (χ0v) is 20.6. The summed E-state index contributed by atoms with van der Waals surface area (Å²) in [5, 5.41) is 17.2. The molecule has 2 heterocycles. The van der Waals surface area contributed by atoms with Crippen molar-refractivity contribution in [1.29, 1.82) is 0 Å². The van der Waals surface area contributed by atoms with Gasteiger partial charge in [-0.25, -0.2) is 0 Å². The van der Waals surface area contributed by atoms with Crippen LogP contribution in [0.25, 0.3) is 22.6 Å². The predicted molar refractivity (Wildman–Crippen MR) is 134 cm³/mol. The lowest BCUT2D eigenvalue weighted by Crippen LogP contribution is -2.24. The van der Waals surface area contributed by atoms with Gasteiger partial charge in [0, 0.05) is 31.9 Å². The van der Waals surface area contributed by atoms with Gasteiger partial charge >= 0.3 is 0 Å². The summed E-state index contributed by atoms with van der Waals surface area (Å²) in [7, 11) is 3.53. The van der Waals surface area contributed by atoms with E-state index in [1.165, 1.54) is 17.3 Å². The summed E-state index contributed by atoms with van der Waals surface area (Å²) < 4.78 is 9.16. The molecule has 9 heteroatoms. The van der Waals surface area contributed by atoms with Crippen LogP contribution in [0.5, 0.6) is 5.75 Å². The van der Waals surface area contributed by atoms with Gasteiger partial charge in [-0.15, -0.1) is 10.2 Å². The zero-order chi connectivity index (χ0) is 24.1. The van der Waals surface area contributed by atoms with Crippen molar-refractivity contribution in [3.63, 3.8) is 0 Å². The summed E-state index contributed by atoms with van der Waals surface area (Å²) in [6.07, 6.45) is 1.94. The number of methoxy groups -OCH3 is 1. The quantitative estimate of drug-likeness (QED) is 0.366. The van der Waals surface area contributed by atoms with Crippen molar-refractivity contribution in [2.45, 2.75) is 32.1 Å². The first-order valence-corrected chi connectivity index (χ1v) is 12.0. The lowest BCUT2D eigenvalue weighted by atomic mass is 10.1. The number of aromatic nitrogens is 5. The summed E-state index contributed by atoms with van der Waals surface area (Å²) in [5.41, 5.74) is 4.88. The van der Waals surface area contributed by atoms with E-state index < -0.39 is 0 Å². The molecule has 0 atom stereocenters. The molecule has 0 aliphatic heterocycles. The first kappa shape index (κ1) is 23.6. The molecule has 0 saturated carbocycles. The number of carbonyl (C=O) groups excluding carboxylic acids is 1. The molecule has 0 aliphatic carbocycles. The molecule has 0 radical (unpaired) electrons. The molecule has 0 fully saturated rings. The maximum Gasteiger partial charge on any atom is 0.230 e. The van der Waals surface area contributed by atoms with Crippen LogP contribution in [-0.2, 0) is 24.9 Å². The molecule has 0 unspecified atom stereocenters. The van der Waals surface area contributed by atoms with Crippen molar-refractivity contribution in [2.24, 2.45) is 7.05 Å². The number of ether oxygens (including phenoxy) is 1. The minimum atomic E-state index is -0.0452. The molecule has 0 spiro atoms. The maximum absolute atomic E-state index is 12.4. The van der Waals surface area contributed by atoms with Crippen molar-refractivity contribution in [3.05, 3.63) is 65.9 Å². The second kappa shape index (κ2) is 10.6. The SMILES string of the molecule is CCn1c(SCC(=O)NCc2ccc(C)cc2)nnc1-c1cn(C)nc1-c1cccc(OC)c1. The number of nitrogens with zero attached hydrogens (tertiary/aromatic N) is 5. The molecule has 34 heavy (non-hydrogen) atoms. The Morgan fingerprint density at radius 1 is 1.15 bits per heavy atom. The van der Waals surface area contributed by atoms with Gasteiger partial charge in [0.25, 0.3) is 0 Å². The van der Waals surface area contributed by atoms with Gasteiger partial charge in [0.2, 0.25) is 5.91 Å². The van der Waals surface area contributed by atoms with Crippen LogP contribution in [0, 0.1) is 6.92 Å². The zero-order valence-electron chi connectivity index (χ0n) is 19.8. The average molecular weight is 477 g/mol. The summed E-state index contributed by atoms with van der Waals surface area (Å²) in [6.45, 7) is 5.26. The highest BCUT2D eigenvalue weighted by atomic mass is 32.2. The molecular weight excluding hydrogens is 448 g/mol. The number of hydrogen-bond acceptors (Lipinski definition) is 6. The van der Waals surface area contributed by atoms with Crippen LogP contribution in [0.15, 0.2) is 59.9 Å². The summed E-state index contributed by atoms with van der Waals surface area (Å²) in [4.78, 5) is 12.4. The van der Waals surface area contributed by atoms with E-state index in [1.54, 1.807) is 11.8 Å². The van der Waals surface area contributed by atoms with Crippen LogP contribution in [0.4, 0.5) is 0 Å². The topological polar surface area (TPSA) is 86.9 Å². The van der Waals surface area contributed by atoms with Crippen LogP contribution in [0.2, 0.25) is 0 Å². The average Bonchev–Trinajstić information content (AvgIpc) is 3.45. The third-order valence-corrected chi connectivity index (χ3v) is 6.36. The minimum absolute atomic E-state index is 0.0452. The highest BCUT2D eigenvalue weighted by Crippen LogP contribution is 2.33. The van der Waals surface area contributed by atoms with Crippen LogP contribution in [0.3, 0.4) is 0 Å². The highest BCUT2D eigenvalue weighted by Gasteiger charge is 2.20. The maximum atomic E-state index is 12.4. The highest BCUT2D eigenvalue weighted by molar-refractivity contribution is 7.99. The first-order chi connectivity index (χ1) is 16.5. The van der Waals surface area contributed by atoms with Gasteiger partial charge in [0.05, 0.1) is 18.4 Å². The fraction of sp³-hybridized carbons (Fsp3) is 0.280. The van der Waals surface area contributed by atoms with E-state index in [0.717, 1.165) is 34.0 Å². The van der Waals surface area contributed by atoms with E-state index in [1.807, 2.05) is 80.2 Å². The van der Waals surface area contributed by atoms with Crippen LogP contribution >= 0.6 is 11.8 Å². The van der Waals surface area contributed by atoms with Crippen LogP contribution in [-0.4, -0.2) is 43.3 Å². The van der Waals surface area contributed by atoms with Crippen LogP contribution in [0.1, 0.15) is 18.1 Å². The standard InChI is InChI=1S/C25H28N6O2S/c1-5-31-24(21-15-30(3)29-23(21)19-7-6-8-20(13-19)33-4)27-28-25(31)34-16-22(32)26-14-18-11-9-17(2)10-12-18/h6-13,15H,5,14,16H2,1-4H3,(H,26,32). The predicted octanol–water partition coefficient (Wildman–Crippen LogP) is 4.09. The Morgan fingerprint density at radius 2 is 1.94 bits per heavy atom. The molecule has 1 N–H and O–H groups in total. The summed E-state index contributed by atoms with van der Waals surface area (Å²) in [6, 6.07) is 15.9. The second-order valence-corrected chi connectivity index (χ2v) is 8.84. The molecule has 0 bridgehead atoms. The molecule has 1 amide bonds. The third kappa shape index (κ3) is 5.31. The monoisotopic (exact) mass is 476 g/mol. The van der Waals surface area contributed by atoms with Crippen molar-refractivity contribution in [2.75, 3.05) is 12.9 Å². The number of aryl methyl sites for hydroxylation is 2. The number of thioether (sulfide) groups is 1. The van der Waals surface area contributed by atoms with Gasteiger partial charge in [0.1, 0.15) is 11.4 Å². The Bertz CT molecular complexity index is 1280. The molecule has 2 aromatic carbocycles. The lowest BCUT2D eigenvalue weighted by Gasteiger charge is -2.09. The number of amides is 1. The van der Waals surface area contributed by atoms with Crippen molar-refractivity contribution < 1.29 is 9.53 Å². The Balaban J connectivity index is 1.50. The number of benzene rings is 2. The Kier molecular flexibility index (Phi) is 7.32. The Hall–Kier alpha value is -3.59. The molecule has 4 rings (SSSR count). The van der Waals surface area contributed by atoms with Gasteiger partial charge in [-0.1, -0.05) is 53.7 Å². The van der Waals surface area contributed by atoms with Crippen molar-refractivity contribution in [3.8, 4) is 28.4 Å². The first-order valence-electron chi connectivity index (χ1n) is 11.0. The smallest absolute Gasteiger partial charge is 0.230 e. The van der Waals surface area contributed by atoms with Gasteiger partial charge in [-0.2, -0.15) is 5.10 Å². The number of carbonyl (C=O) groups is 1. The summed E-state index contributed by atoms with van der Waals surface area (Å²) in [5.74, 6) is 1.70. The molecule has 4 aromatic rings. The van der Waals surface area contributed by atoms with E-state index in [0.29, 0.717) is 18.2 Å². The van der Waals surface area contributed by atoms with Crippen LogP contribution < -0.4 is 10.1 Å². The molecule has 176 valence electrons. The molecular formula is C25H28N6O2S. The minimum Gasteiger partial charge on any atom is -0.497 e. The van der Waals surface area contributed by atoms with E-state index in [9.17, 15) is 4.79 Å². The van der Waals surface area contributed by atoms with Gasteiger partial charge < -0.3 is 14.6 Å². The molecule has 0 saturated heterocycles. The van der Waals surface area contributed by atoms with Gasteiger partial charge in [-0.3, -0.25) is 9.48 Å². The number of hydrogen-bond donors (Lipinski definition) is 1. The Morgan fingerprint density at radius 3 is 2.68 bits per heavy atom. The fourth-order valence-corrected chi connectivity index (χ4v) is 4.44. The normalized spacial score (nSPS) is 10.9. The Labute approximate surface area is 203 Å². The molecule has 2 aromatic heterocycles. The number of nitrogens with one attached hydrogen (secondary N) is 1. The number of rotatable bonds is 9. The lowest BCUT2D eigenvalue weighted by molar-refractivity contribution is -0.118. The van der Waals surface area contributed by atoms with Crippen molar-refractivity contribution in [1.82, 2.24) is 29.9 Å². The van der Waals surface area contributed by atoms with Gasteiger partial charge in [-0.05, 0) is 31.5 Å². The summed E-state index contributed by atoms with van der Waals surface area (Å²) >= 11 is 1.38. The van der Waals surface area contributed by atoms with E-state index in [-0.39, 0.29) is 11.7 Å². The van der Waals surface area contributed by atoms with E-state index in [2.05, 4.69) is 20.6 Å². The van der Waals surface area contributed by atoms with E-state index >= 15 is 0 Å². The van der Waals surface area contributed by atoms with Crippen molar-refractivity contribution >= 4 is 17.7 Å². The fourth-order valence-electron chi connectivity index (χ4n) is 3.60. The largest absolute Gasteiger partial charge is 0.497 e.